The molecule has 55 heavy (non-hydrogen) atoms. The van der Waals surface area contributed by atoms with E-state index >= 15 is 0 Å². The molecule has 0 N–H and O–H groups in total. The van der Waals surface area contributed by atoms with Crippen molar-refractivity contribution in [2.45, 2.75) is 141 Å². The fourth-order valence-corrected chi connectivity index (χ4v) is 10.1. The molecule has 0 radical (unpaired) electrons. The Bertz CT molecular complexity index is 1930. The van der Waals surface area contributed by atoms with Crippen molar-refractivity contribution in [1.29, 1.82) is 0 Å². The van der Waals surface area contributed by atoms with E-state index in [0.29, 0.717) is 18.5 Å². The quantitative estimate of drug-likeness (QED) is 0.112. The van der Waals surface area contributed by atoms with E-state index in [1.165, 1.54) is 3.97 Å². The van der Waals surface area contributed by atoms with E-state index < -0.39 is 44.4 Å². The molecule has 0 aliphatic carbocycles. The lowest BCUT2D eigenvalue weighted by Crippen LogP contribution is -2.52. The van der Waals surface area contributed by atoms with Crippen molar-refractivity contribution in [3.8, 4) is 0 Å². The average Bonchev–Trinajstić information content (AvgIpc) is 3.42. The number of aromatic nitrogens is 1. The molecular formula is C43H67BrN2O6SSi2. The third-order valence-corrected chi connectivity index (χ3v) is 22.5. The molecule has 0 aliphatic rings. The summed E-state index contributed by atoms with van der Waals surface area (Å²) in [6, 6.07) is 11.9. The van der Waals surface area contributed by atoms with Gasteiger partial charge in [-0.1, -0.05) is 99.5 Å². The molecule has 8 nitrogen and oxygen atoms in total. The first-order chi connectivity index (χ1) is 25.1. The number of nitrogens with zero attached hydrogens (tertiary/aromatic N) is 2. The number of carbonyl (C=O) groups excluding carboxylic acids is 1. The maximum Gasteiger partial charge on any atom is 0.410 e. The molecular weight excluding hydrogens is 809 g/mol. The highest BCUT2D eigenvalue weighted by atomic mass is 79.9. The molecule has 3 rings (SSSR count). The Labute approximate surface area is 343 Å². The van der Waals surface area contributed by atoms with Gasteiger partial charge in [0, 0.05) is 28.5 Å². The minimum Gasteiger partial charge on any atom is -0.444 e. The molecule has 0 saturated carbocycles. The van der Waals surface area contributed by atoms with Crippen LogP contribution in [0.1, 0.15) is 80.4 Å². The molecule has 1 amide bonds. The van der Waals surface area contributed by atoms with Gasteiger partial charge in [0.25, 0.3) is 10.0 Å². The van der Waals surface area contributed by atoms with E-state index in [4.69, 9.17) is 13.6 Å². The molecule has 0 unspecified atom stereocenters. The lowest BCUT2D eigenvalue weighted by Gasteiger charge is -2.44. The highest BCUT2D eigenvalue weighted by molar-refractivity contribution is 9.10. The van der Waals surface area contributed by atoms with E-state index in [2.05, 4.69) is 90.2 Å². The molecule has 0 spiro atoms. The van der Waals surface area contributed by atoms with Gasteiger partial charge in [0.2, 0.25) is 0 Å². The molecule has 306 valence electrons. The van der Waals surface area contributed by atoms with Crippen molar-refractivity contribution < 1.29 is 26.8 Å². The minimum absolute atomic E-state index is 0.00183. The van der Waals surface area contributed by atoms with Crippen LogP contribution in [-0.2, 0) is 30.0 Å². The van der Waals surface area contributed by atoms with Crippen LogP contribution in [0.5, 0.6) is 0 Å². The molecule has 2 aromatic carbocycles. The summed E-state index contributed by atoms with van der Waals surface area (Å²) in [6.45, 7) is 36.6. The summed E-state index contributed by atoms with van der Waals surface area (Å²) in [4.78, 5) is 16.4. The van der Waals surface area contributed by atoms with E-state index in [0.717, 1.165) is 21.0 Å². The molecule has 0 fully saturated rings. The molecule has 1 heterocycles. The van der Waals surface area contributed by atoms with E-state index in [9.17, 15) is 13.2 Å². The van der Waals surface area contributed by atoms with Gasteiger partial charge < -0.3 is 18.5 Å². The summed E-state index contributed by atoms with van der Waals surface area (Å²) in [6.07, 6.45) is 6.94. The van der Waals surface area contributed by atoms with Crippen molar-refractivity contribution >= 4 is 59.6 Å². The van der Waals surface area contributed by atoms with Gasteiger partial charge in [0.1, 0.15) is 5.60 Å². The molecule has 0 saturated heterocycles. The summed E-state index contributed by atoms with van der Waals surface area (Å²) in [5.74, 6) is -0.311. The SMILES string of the molecule is C=C[C@H](CN(C(=O)OC(C)(C)C)[C@@H](/C=C/C)Cc1cn(S(=O)(=O)c2ccc(C)cc2)c2cccc(Br)c12)[C@@H](CO[Si](C)(C)C(C)(C)C)O[Si](C)(C)C(C)(C)C. The second-order valence-corrected chi connectivity index (χ2v) is 31.0. The summed E-state index contributed by atoms with van der Waals surface area (Å²) >= 11 is 3.72. The van der Waals surface area contributed by atoms with Gasteiger partial charge in [-0.2, -0.15) is 0 Å². The number of benzene rings is 2. The second kappa shape index (κ2) is 17.6. The molecule has 0 bridgehead atoms. The van der Waals surface area contributed by atoms with Crippen molar-refractivity contribution in [3.05, 3.63) is 89.1 Å². The average molecular weight is 876 g/mol. The van der Waals surface area contributed by atoms with Crippen molar-refractivity contribution in [1.82, 2.24) is 8.87 Å². The zero-order valence-electron chi connectivity index (χ0n) is 36.0. The Morgan fingerprint density at radius 1 is 0.945 bits per heavy atom. The zero-order valence-corrected chi connectivity index (χ0v) is 40.4. The first-order valence-corrected chi connectivity index (χ1v) is 27.3. The smallest absolute Gasteiger partial charge is 0.410 e. The fourth-order valence-electron chi connectivity index (χ4n) is 5.74. The van der Waals surface area contributed by atoms with Gasteiger partial charge in [-0.25, -0.2) is 17.2 Å². The van der Waals surface area contributed by atoms with Crippen LogP contribution in [0.4, 0.5) is 4.79 Å². The number of allylic oxidation sites excluding steroid dienone is 1. The summed E-state index contributed by atoms with van der Waals surface area (Å²) in [5.41, 5.74) is 1.52. The van der Waals surface area contributed by atoms with E-state index in [-0.39, 0.29) is 33.5 Å². The van der Waals surface area contributed by atoms with Gasteiger partial charge in [-0.05, 0) is 107 Å². The lowest BCUT2D eigenvalue weighted by atomic mass is 9.99. The van der Waals surface area contributed by atoms with Crippen molar-refractivity contribution in [2.75, 3.05) is 13.2 Å². The number of halogens is 1. The van der Waals surface area contributed by atoms with E-state index in [1.54, 1.807) is 35.4 Å². The molecule has 1 aromatic heterocycles. The Balaban J connectivity index is 2.20. The number of amides is 1. The lowest BCUT2D eigenvalue weighted by molar-refractivity contribution is 0.00853. The van der Waals surface area contributed by atoms with Gasteiger partial charge in [-0.15, -0.1) is 6.58 Å². The highest BCUT2D eigenvalue weighted by Gasteiger charge is 2.44. The molecule has 12 heteroatoms. The van der Waals surface area contributed by atoms with Gasteiger partial charge in [0.05, 0.1) is 29.2 Å². The Morgan fingerprint density at radius 3 is 2.04 bits per heavy atom. The van der Waals surface area contributed by atoms with Gasteiger partial charge in [0.15, 0.2) is 16.6 Å². The maximum atomic E-state index is 14.4. The molecule has 0 aliphatic heterocycles. The van der Waals surface area contributed by atoms with Crippen LogP contribution < -0.4 is 0 Å². The van der Waals surface area contributed by atoms with Crippen molar-refractivity contribution in [2.24, 2.45) is 5.92 Å². The Morgan fingerprint density at radius 2 is 1.53 bits per heavy atom. The van der Waals surface area contributed by atoms with Crippen LogP contribution >= 0.6 is 15.9 Å². The third-order valence-electron chi connectivity index (χ3n) is 11.1. The third kappa shape index (κ3) is 11.6. The first-order valence-electron chi connectivity index (χ1n) is 19.2. The monoisotopic (exact) mass is 874 g/mol. The van der Waals surface area contributed by atoms with Crippen molar-refractivity contribution in [3.63, 3.8) is 0 Å². The predicted molar refractivity (Wildman–Crippen MR) is 238 cm³/mol. The highest BCUT2D eigenvalue weighted by Crippen LogP contribution is 2.41. The number of carbonyl (C=O) groups is 1. The maximum absolute atomic E-state index is 14.4. The molecule has 3 aromatic rings. The number of hydrogen-bond acceptors (Lipinski definition) is 6. The van der Waals surface area contributed by atoms with Crippen LogP contribution in [0.3, 0.4) is 0 Å². The van der Waals surface area contributed by atoms with E-state index in [1.807, 2.05) is 71.0 Å². The fraction of sp³-hybridized carbons (Fsp3) is 0.558. The number of ether oxygens (including phenoxy) is 1. The number of rotatable bonds is 15. The zero-order chi connectivity index (χ0) is 41.9. The van der Waals surface area contributed by atoms with Gasteiger partial charge >= 0.3 is 6.09 Å². The van der Waals surface area contributed by atoms with Crippen LogP contribution in [0, 0.1) is 12.8 Å². The summed E-state index contributed by atoms with van der Waals surface area (Å²) in [7, 11) is -8.43. The largest absolute Gasteiger partial charge is 0.444 e. The van der Waals surface area contributed by atoms with Crippen LogP contribution in [-0.4, -0.2) is 70.9 Å². The Hall–Kier alpha value is -2.49. The van der Waals surface area contributed by atoms with Crippen LogP contribution in [0.25, 0.3) is 10.9 Å². The van der Waals surface area contributed by atoms with Crippen LogP contribution in [0.15, 0.2) is 82.8 Å². The summed E-state index contributed by atoms with van der Waals surface area (Å²) < 4.78 is 50.5. The first kappa shape index (κ1) is 46.9. The second-order valence-electron chi connectivity index (χ2n) is 18.7. The standard InChI is InChI=1S/C43H67BrN2O6SSi2/c1-17-20-34(27-33-29-46(37-22-19-21-36(44)39(33)37)53(48,49)35-25-23-31(3)24-26-35)45(40(47)51-41(4,5)6)28-32(18-2)38(52-55(15,16)43(10,11)12)30-50-54(13,14)42(7,8)9/h17-26,29,32,34,38H,2,27-28,30H2,1,3-16H3/b20-17+/t32-,34+,38-/m1/s1. The van der Waals surface area contributed by atoms with Gasteiger partial charge in [-0.3, -0.25) is 0 Å². The van der Waals surface area contributed by atoms with Crippen LogP contribution in [0.2, 0.25) is 36.3 Å². The normalized spacial score (nSPS) is 15.3. The topological polar surface area (TPSA) is 87.1 Å². The Kier molecular flexibility index (Phi) is 15.0. The number of hydrogen-bond donors (Lipinski definition) is 0. The number of aryl methyl sites for hydroxylation is 1. The molecule has 3 atom stereocenters. The predicted octanol–water partition coefficient (Wildman–Crippen LogP) is 11.9. The number of fused-ring (bicyclic) bond motifs is 1. The minimum atomic E-state index is -3.94. The summed E-state index contributed by atoms with van der Waals surface area (Å²) in [5, 5.41) is 0.698.